The molecule has 0 aliphatic carbocycles. The highest BCUT2D eigenvalue weighted by atomic mass is 19.3. The van der Waals surface area contributed by atoms with E-state index in [9.17, 15) is 18.7 Å². The fourth-order valence-corrected chi connectivity index (χ4v) is 2.24. The Morgan fingerprint density at radius 3 is 2.42 bits per heavy atom. The molecule has 104 valence electrons. The van der Waals surface area contributed by atoms with Crippen LogP contribution in [0.15, 0.2) is 30.3 Å². The van der Waals surface area contributed by atoms with Crippen molar-refractivity contribution < 1.29 is 18.7 Å². The van der Waals surface area contributed by atoms with Crippen LogP contribution in [0, 0.1) is 0 Å². The number of rotatable bonds is 4. The van der Waals surface area contributed by atoms with Crippen molar-refractivity contribution in [1.82, 2.24) is 4.90 Å². The largest absolute Gasteiger partial charge is 0.386 e. The Kier molecular flexibility index (Phi) is 4.14. The molecule has 1 aliphatic heterocycles. The molecule has 0 spiro atoms. The highest BCUT2D eigenvalue weighted by Crippen LogP contribution is 2.26. The van der Waals surface area contributed by atoms with Crippen molar-refractivity contribution in [1.29, 1.82) is 0 Å². The van der Waals surface area contributed by atoms with Crippen molar-refractivity contribution in [2.24, 2.45) is 0 Å². The standard InChI is InChI=1S/C14H17F2NO2/c15-14(16,13(19)17-8-4-5-9-17)12(18)10-11-6-2-1-3-7-11/h1-3,6-7,12,18H,4-5,8-10H2/t12-/m1/s1. The number of nitrogens with zero attached hydrogens (tertiary/aromatic N) is 1. The summed E-state index contributed by atoms with van der Waals surface area (Å²) in [6, 6.07) is 8.49. The summed E-state index contributed by atoms with van der Waals surface area (Å²) < 4.78 is 27.8. The molecule has 1 fully saturated rings. The first kappa shape index (κ1) is 13.9. The maximum atomic E-state index is 13.9. The minimum atomic E-state index is -3.72. The van der Waals surface area contributed by atoms with Crippen LogP contribution in [0.25, 0.3) is 0 Å². The van der Waals surface area contributed by atoms with Crippen molar-refractivity contribution in [3.63, 3.8) is 0 Å². The molecule has 1 aromatic rings. The Bertz CT molecular complexity index is 430. The number of hydrogen-bond donors (Lipinski definition) is 1. The number of carbonyl (C=O) groups excluding carboxylic acids is 1. The predicted molar refractivity (Wildman–Crippen MR) is 66.9 cm³/mol. The number of halogens is 2. The van der Waals surface area contributed by atoms with Crippen LogP contribution < -0.4 is 0 Å². The van der Waals surface area contributed by atoms with E-state index in [0.717, 1.165) is 17.7 Å². The number of benzene rings is 1. The third kappa shape index (κ3) is 3.10. The van der Waals surface area contributed by atoms with E-state index in [0.29, 0.717) is 18.7 Å². The van der Waals surface area contributed by atoms with Gasteiger partial charge in [0.2, 0.25) is 0 Å². The number of alkyl halides is 2. The molecule has 1 aliphatic rings. The summed E-state index contributed by atoms with van der Waals surface area (Å²) in [4.78, 5) is 12.8. The highest BCUT2D eigenvalue weighted by molar-refractivity contribution is 5.84. The van der Waals surface area contributed by atoms with Crippen LogP contribution in [0.4, 0.5) is 8.78 Å². The van der Waals surface area contributed by atoms with Gasteiger partial charge in [0.15, 0.2) is 0 Å². The average Bonchev–Trinajstić information content (AvgIpc) is 2.92. The molecule has 1 aromatic carbocycles. The van der Waals surface area contributed by atoms with E-state index in [-0.39, 0.29) is 6.42 Å². The second-order valence-electron chi connectivity index (χ2n) is 4.83. The summed E-state index contributed by atoms with van der Waals surface area (Å²) in [6.07, 6.45) is -0.719. The minimum absolute atomic E-state index is 0.229. The summed E-state index contributed by atoms with van der Waals surface area (Å²) in [5, 5.41) is 9.66. The van der Waals surface area contributed by atoms with Crippen LogP contribution in [-0.4, -0.2) is 41.0 Å². The monoisotopic (exact) mass is 269 g/mol. The van der Waals surface area contributed by atoms with E-state index in [1.165, 1.54) is 0 Å². The summed E-state index contributed by atoms with van der Waals surface area (Å²) in [5.74, 6) is -4.98. The van der Waals surface area contributed by atoms with Gasteiger partial charge in [0, 0.05) is 19.5 Å². The molecule has 1 N–H and O–H groups in total. The fraction of sp³-hybridized carbons (Fsp3) is 0.500. The first-order valence-corrected chi connectivity index (χ1v) is 6.41. The van der Waals surface area contributed by atoms with Gasteiger partial charge in [-0.05, 0) is 18.4 Å². The van der Waals surface area contributed by atoms with Crippen molar-refractivity contribution in [2.75, 3.05) is 13.1 Å². The number of aliphatic hydroxyl groups is 1. The van der Waals surface area contributed by atoms with Gasteiger partial charge in [0.05, 0.1) is 0 Å². The van der Waals surface area contributed by atoms with E-state index in [2.05, 4.69) is 0 Å². The molecule has 2 rings (SSSR count). The third-order valence-electron chi connectivity index (χ3n) is 3.37. The molecular weight excluding hydrogens is 252 g/mol. The molecule has 19 heavy (non-hydrogen) atoms. The quantitative estimate of drug-likeness (QED) is 0.906. The van der Waals surface area contributed by atoms with Crippen LogP contribution in [0.1, 0.15) is 18.4 Å². The number of amides is 1. The molecule has 0 radical (unpaired) electrons. The number of hydrogen-bond acceptors (Lipinski definition) is 2. The summed E-state index contributed by atoms with van der Waals surface area (Å²) in [6.45, 7) is 0.707. The van der Waals surface area contributed by atoms with Gasteiger partial charge < -0.3 is 10.0 Å². The third-order valence-corrected chi connectivity index (χ3v) is 3.37. The van der Waals surface area contributed by atoms with Crippen LogP contribution in [0.2, 0.25) is 0 Å². The van der Waals surface area contributed by atoms with Crippen molar-refractivity contribution >= 4 is 5.91 Å². The van der Waals surface area contributed by atoms with Crippen molar-refractivity contribution in [2.45, 2.75) is 31.3 Å². The van der Waals surface area contributed by atoms with E-state index in [1.54, 1.807) is 30.3 Å². The van der Waals surface area contributed by atoms with Gasteiger partial charge in [-0.15, -0.1) is 0 Å². The van der Waals surface area contributed by atoms with Crippen LogP contribution in [0.5, 0.6) is 0 Å². The molecule has 0 bridgehead atoms. The Balaban J connectivity index is 2.03. The Hall–Kier alpha value is -1.49. The maximum absolute atomic E-state index is 13.9. The number of carbonyl (C=O) groups is 1. The molecule has 1 saturated heterocycles. The maximum Gasteiger partial charge on any atom is 0.350 e. The van der Waals surface area contributed by atoms with Gasteiger partial charge in [-0.3, -0.25) is 4.79 Å². The van der Waals surface area contributed by atoms with E-state index in [4.69, 9.17) is 0 Å². The normalized spacial score (nSPS) is 17.5. The van der Waals surface area contributed by atoms with E-state index >= 15 is 0 Å². The molecule has 1 heterocycles. The molecule has 0 aromatic heterocycles. The number of aliphatic hydroxyl groups excluding tert-OH is 1. The van der Waals surface area contributed by atoms with Gasteiger partial charge in [-0.25, -0.2) is 0 Å². The second-order valence-corrected chi connectivity index (χ2v) is 4.83. The molecule has 1 atom stereocenters. The minimum Gasteiger partial charge on any atom is -0.386 e. The lowest BCUT2D eigenvalue weighted by Gasteiger charge is -2.26. The van der Waals surface area contributed by atoms with Gasteiger partial charge in [-0.1, -0.05) is 30.3 Å². The molecule has 0 unspecified atom stereocenters. The van der Waals surface area contributed by atoms with Gasteiger partial charge in [-0.2, -0.15) is 8.78 Å². The second kappa shape index (κ2) is 5.65. The fourth-order valence-electron chi connectivity index (χ4n) is 2.24. The molecular formula is C14H17F2NO2. The summed E-state index contributed by atoms with van der Waals surface area (Å²) in [7, 11) is 0. The first-order chi connectivity index (χ1) is 9.01. The topological polar surface area (TPSA) is 40.5 Å². The predicted octanol–water partition coefficient (Wildman–Crippen LogP) is 1.85. The zero-order chi connectivity index (χ0) is 13.9. The zero-order valence-corrected chi connectivity index (χ0v) is 10.6. The molecule has 5 heteroatoms. The lowest BCUT2D eigenvalue weighted by Crippen LogP contribution is -2.50. The van der Waals surface area contributed by atoms with Crippen molar-refractivity contribution in [3.05, 3.63) is 35.9 Å². The molecule has 0 saturated carbocycles. The van der Waals surface area contributed by atoms with Crippen molar-refractivity contribution in [3.8, 4) is 0 Å². The first-order valence-electron chi connectivity index (χ1n) is 6.41. The molecule has 1 amide bonds. The van der Waals surface area contributed by atoms with Crippen LogP contribution in [-0.2, 0) is 11.2 Å². The number of likely N-dealkylation sites (tertiary alicyclic amines) is 1. The lowest BCUT2D eigenvalue weighted by atomic mass is 10.0. The van der Waals surface area contributed by atoms with Crippen LogP contribution in [0.3, 0.4) is 0 Å². The van der Waals surface area contributed by atoms with Gasteiger partial charge >= 0.3 is 5.92 Å². The SMILES string of the molecule is O=C(N1CCCC1)C(F)(F)[C@H](O)Cc1ccccc1. The highest BCUT2D eigenvalue weighted by Gasteiger charge is 2.49. The summed E-state index contributed by atoms with van der Waals surface area (Å²) >= 11 is 0. The van der Waals surface area contributed by atoms with Gasteiger partial charge in [0.1, 0.15) is 6.10 Å². The van der Waals surface area contributed by atoms with E-state index < -0.39 is 17.9 Å². The molecule has 3 nitrogen and oxygen atoms in total. The van der Waals surface area contributed by atoms with E-state index in [1.807, 2.05) is 0 Å². The van der Waals surface area contributed by atoms with Crippen LogP contribution >= 0.6 is 0 Å². The average molecular weight is 269 g/mol. The van der Waals surface area contributed by atoms with Gasteiger partial charge in [0.25, 0.3) is 5.91 Å². The summed E-state index contributed by atoms with van der Waals surface area (Å²) in [5.41, 5.74) is 0.587. The Morgan fingerprint density at radius 2 is 1.84 bits per heavy atom. The zero-order valence-electron chi connectivity index (χ0n) is 10.6. The Labute approximate surface area is 110 Å². The Morgan fingerprint density at radius 1 is 1.26 bits per heavy atom. The lowest BCUT2D eigenvalue weighted by molar-refractivity contribution is -0.173. The smallest absolute Gasteiger partial charge is 0.350 e.